The summed E-state index contributed by atoms with van der Waals surface area (Å²) in [5.41, 5.74) is 0. The molecule has 1 aliphatic carbocycles. The fourth-order valence-corrected chi connectivity index (χ4v) is 1.75. The van der Waals surface area contributed by atoms with E-state index in [-0.39, 0.29) is 11.6 Å². The van der Waals surface area contributed by atoms with E-state index >= 15 is 0 Å². The van der Waals surface area contributed by atoms with Crippen molar-refractivity contribution in [3.05, 3.63) is 11.9 Å². The van der Waals surface area contributed by atoms with Crippen LogP contribution in [0.2, 0.25) is 0 Å². The first-order valence-electron chi connectivity index (χ1n) is 6.43. The number of rotatable bonds is 6. The van der Waals surface area contributed by atoms with Crippen molar-refractivity contribution in [3.63, 3.8) is 0 Å². The van der Waals surface area contributed by atoms with Gasteiger partial charge in [0.05, 0.1) is 0 Å². The number of nitrogens with zero attached hydrogens (tertiary/aromatic N) is 2. The summed E-state index contributed by atoms with van der Waals surface area (Å²) in [5.74, 6) is 0.0298. The molecule has 106 valence electrons. The minimum atomic E-state index is -4.53. The van der Waals surface area contributed by atoms with Gasteiger partial charge in [0.25, 0.3) is 0 Å². The highest BCUT2D eigenvalue weighted by Gasteiger charge is 2.35. The second-order valence-corrected chi connectivity index (χ2v) is 4.65. The largest absolute Gasteiger partial charge is 0.451 e. The lowest BCUT2D eigenvalue weighted by atomic mass is 10.3. The van der Waals surface area contributed by atoms with Gasteiger partial charge >= 0.3 is 6.18 Å². The second kappa shape index (κ2) is 5.63. The Kier molecular flexibility index (Phi) is 4.11. The SMILES string of the molecule is CCNc1cc(NCCC2CC2)nc(C(F)(F)F)n1. The summed E-state index contributed by atoms with van der Waals surface area (Å²) in [6.07, 6.45) is -1.11. The fourth-order valence-electron chi connectivity index (χ4n) is 1.75. The van der Waals surface area contributed by atoms with Gasteiger partial charge < -0.3 is 10.6 Å². The topological polar surface area (TPSA) is 49.8 Å². The summed E-state index contributed by atoms with van der Waals surface area (Å²) < 4.78 is 38.0. The molecular weight excluding hydrogens is 257 g/mol. The predicted molar refractivity (Wildman–Crippen MR) is 67.0 cm³/mol. The quantitative estimate of drug-likeness (QED) is 0.836. The average Bonchev–Trinajstić information content (AvgIpc) is 3.12. The van der Waals surface area contributed by atoms with E-state index in [4.69, 9.17) is 0 Å². The molecule has 0 unspecified atom stereocenters. The van der Waals surface area contributed by atoms with Crippen molar-refractivity contribution in [3.8, 4) is 0 Å². The number of hydrogen-bond acceptors (Lipinski definition) is 4. The van der Waals surface area contributed by atoms with E-state index in [0.717, 1.165) is 12.3 Å². The van der Waals surface area contributed by atoms with E-state index in [1.807, 2.05) is 0 Å². The Balaban J connectivity index is 2.08. The molecule has 0 aliphatic heterocycles. The third kappa shape index (κ3) is 4.25. The molecule has 2 N–H and O–H groups in total. The van der Waals surface area contributed by atoms with Crippen LogP contribution in [0.3, 0.4) is 0 Å². The molecule has 1 heterocycles. The van der Waals surface area contributed by atoms with Crippen LogP contribution < -0.4 is 10.6 Å². The second-order valence-electron chi connectivity index (χ2n) is 4.65. The fraction of sp³-hybridized carbons (Fsp3) is 0.667. The van der Waals surface area contributed by atoms with Gasteiger partial charge in [-0.25, -0.2) is 9.97 Å². The van der Waals surface area contributed by atoms with Crippen LogP contribution in [0.4, 0.5) is 24.8 Å². The minimum Gasteiger partial charge on any atom is -0.370 e. The van der Waals surface area contributed by atoms with Crippen LogP contribution in [0.25, 0.3) is 0 Å². The van der Waals surface area contributed by atoms with E-state index in [1.165, 1.54) is 18.9 Å². The zero-order valence-electron chi connectivity index (χ0n) is 10.7. The zero-order chi connectivity index (χ0) is 13.9. The van der Waals surface area contributed by atoms with E-state index < -0.39 is 12.0 Å². The Labute approximate surface area is 109 Å². The van der Waals surface area contributed by atoms with Crippen molar-refractivity contribution in [1.29, 1.82) is 0 Å². The molecule has 1 aliphatic rings. The summed E-state index contributed by atoms with van der Waals surface area (Å²) in [6.45, 7) is 2.95. The van der Waals surface area contributed by atoms with E-state index in [1.54, 1.807) is 6.92 Å². The number of halogens is 3. The molecule has 1 aromatic rings. The van der Waals surface area contributed by atoms with Gasteiger partial charge in [0, 0.05) is 19.2 Å². The van der Waals surface area contributed by atoms with Gasteiger partial charge in [-0.15, -0.1) is 0 Å². The van der Waals surface area contributed by atoms with Crippen LogP contribution in [0, 0.1) is 5.92 Å². The molecule has 0 radical (unpaired) electrons. The smallest absolute Gasteiger partial charge is 0.370 e. The van der Waals surface area contributed by atoms with Crippen LogP contribution in [-0.4, -0.2) is 23.1 Å². The maximum absolute atomic E-state index is 12.7. The maximum Gasteiger partial charge on any atom is 0.451 e. The van der Waals surface area contributed by atoms with E-state index in [0.29, 0.717) is 13.1 Å². The highest BCUT2D eigenvalue weighted by molar-refractivity contribution is 5.47. The van der Waals surface area contributed by atoms with Gasteiger partial charge in [-0.05, 0) is 19.3 Å². The molecule has 7 heteroatoms. The van der Waals surface area contributed by atoms with E-state index in [2.05, 4.69) is 20.6 Å². The van der Waals surface area contributed by atoms with Crippen LogP contribution >= 0.6 is 0 Å². The number of hydrogen-bond donors (Lipinski definition) is 2. The third-order valence-corrected chi connectivity index (χ3v) is 2.89. The molecule has 1 aromatic heterocycles. The lowest BCUT2D eigenvalue weighted by molar-refractivity contribution is -0.144. The van der Waals surface area contributed by atoms with Gasteiger partial charge in [0.2, 0.25) is 5.82 Å². The lowest BCUT2D eigenvalue weighted by Gasteiger charge is -2.12. The molecule has 1 saturated carbocycles. The molecule has 0 spiro atoms. The van der Waals surface area contributed by atoms with Gasteiger partial charge in [-0.3, -0.25) is 0 Å². The number of aromatic nitrogens is 2. The van der Waals surface area contributed by atoms with Crippen molar-refractivity contribution in [1.82, 2.24) is 9.97 Å². The van der Waals surface area contributed by atoms with Crippen molar-refractivity contribution < 1.29 is 13.2 Å². The molecule has 0 aromatic carbocycles. The Morgan fingerprint density at radius 1 is 1.21 bits per heavy atom. The van der Waals surface area contributed by atoms with Gasteiger partial charge in [0.15, 0.2) is 0 Å². The van der Waals surface area contributed by atoms with Crippen molar-refractivity contribution in [2.24, 2.45) is 5.92 Å². The first kappa shape index (κ1) is 13.9. The van der Waals surface area contributed by atoms with Gasteiger partial charge in [-0.1, -0.05) is 12.8 Å². The third-order valence-electron chi connectivity index (χ3n) is 2.89. The normalized spacial score (nSPS) is 15.4. The monoisotopic (exact) mass is 274 g/mol. The molecule has 0 amide bonds. The van der Waals surface area contributed by atoms with Gasteiger partial charge in [-0.2, -0.15) is 13.2 Å². The zero-order valence-corrected chi connectivity index (χ0v) is 10.7. The van der Waals surface area contributed by atoms with Crippen molar-refractivity contribution in [2.75, 3.05) is 23.7 Å². The van der Waals surface area contributed by atoms with Crippen LogP contribution in [0.1, 0.15) is 32.0 Å². The Hall–Kier alpha value is -1.53. The number of alkyl halides is 3. The first-order chi connectivity index (χ1) is 8.99. The van der Waals surface area contributed by atoms with Crippen LogP contribution in [0.5, 0.6) is 0 Å². The predicted octanol–water partition coefficient (Wildman–Crippen LogP) is 3.14. The molecule has 2 rings (SSSR count). The molecular formula is C12H17F3N4. The molecule has 4 nitrogen and oxygen atoms in total. The summed E-state index contributed by atoms with van der Waals surface area (Å²) in [4.78, 5) is 6.98. The summed E-state index contributed by atoms with van der Waals surface area (Å²) in [7, 11) is 0. The van der Waals surface area contributed by atoms with Crippen LogP contribution in [0.15, 0.2) is 6.07 Å². The highest BCUT2D eigenvalue weighted by atomic mass is 19.4. The summed E-state index contributed by atoms with van der Waals surface area (Å²) in [6, 6.07) is 1.51. The number of nitrogens with one attached hydrogen (secondary N) is 2. The average molecular weight is 274 g/mol. The Bertz CT molecular complexity index is 429. The summed E-state index contributed by atoms with van der Waals surface area (Å²) in [5, 5.41) is 5.72. The van der Waals surface area contributed by atoms with Crippen molar-refractivity contribution in [2.45, 2.75) is 32.4 Å². The molecule has 19 heavy (non-hydrogen) atoms. The first-order valence-corrected chi connectivity index (χ1v) is 6.43. The highest BCUT2D eigenvalue weighted by Crippen LogP contribution is 2.32. The molecule has 0 atom stereocenters. The molecule has 0 bridgehead atoms. The standard InChI is InChI=1S/C12H17F3N4/c1-2-16-9-7-10(17-6-5-8-3-4-8)19-11(18-9)12(13,14)15/h7-8H,2-6H2,1H3,(H2,16,17,18,19). The van der Waals surface area contributed by atoms with E-state index in [9.17, 15) is 13.2 Å². The minimum absolute atomic E-state index is 0.193. The van der Waals surface area contributed by atoms with Gasteiger partial charge in [0.1, 0.15) is 11.6 Å². The van der Waals surface area contributed by atoms with Crippen LogP contribution in [-0.2, 0) is 6.18 Å². The van der Waals surface area contributed by atoms with Crippen molar-refractivity contribution >= 4 is 11.6 Å². The summed E-state index contributed by atoms with van der Waals surface area (Å²) >= 11 is 0. The Morgan fingerprint density at radius 2 is 1.84 bits per heavy atom. The Morgan fingerprint density at radius 3 is 2.37 bits per heavy atom. The number of anilines is 2. The lowest BCUT2D eigenvalue weighted by Crippen LogP contribution is -2.15. The molecule has 1 fully saturated rings. The molecule has 0 saturated heterocycles. The maximum atomic E-state index is 12.7.